The van der Waals surface area contributed by atoms with Gasteiger partial charge in [-0.3, -0.25) is 4.79 Å². The molecule has 0 bridgehead atoms. The van der Waals surface area contributed by atoms with Crippen LogP contribution in [0.2, 0.25) is 0 Å². The quantitative estimate of drug-likeness (QED) is 0.516. The monoisotopic (exact) mass is 298 g/mol. The summed E-state index contributed by atoms with van der Waals surface area (Å²) in [7, 11) is 0. The van der Waals surface area contributed by atoms with Crippen molar-refractivity contribution in [1.82, 2.24) is 4.98 Å². The molecule has 70 valence electrons. The van der Waals surface area contributed by atoms with E-state index in [2.05, 4.69) is 4.98 Å². The fraction of sp³-hybridized carbons (Fsp3) is 0.143. The highest BCUT2D eigenvalue weighted by atomic mass is 127. The van der Waals surface area contributed by atoms with Crippen molar-refractivity contribution in [1.29, 1.82) is 0 Å². The summed E-state index contributed by atoms with van der Waals surface area (Å²) in [5.41, 5.74) is 5.04. The van der Waals surface area contributed by atoms with E-state index in [1.165, 1.54) is 0 Å². The number of nitrogen functional groups attached to an aromatic ring is 1. The molecule has 6 heteroatoms. The summed E-state index contributed by atoms with van der Waals surface area (Å²) in [6.07, 6.45) is -2.23. The lowest BCUT2D eigenvalue weighted by molar-refractivity contribution is 0.112. The fourth-order valence-corrected chi connectivity index (χ4v) is 1.43. The van der Waals surface area contributed by atoms with Crippen molar-refractivity contribution in [3.8, 4) is 0 Å². The number of pyridine rings is 1. The Morgan fingerprint density at radius 3 is 2.69 bits per heavy atom. The van der Waals surface area contributed by atoms with E-state index in [1.54, 1.807) is 22.6 Å². The van der Waals surface area contributed by atoms with Crippen LogP contribution in [0, 0.1) is 3.70 Å². The molecule has 0 saturated heterocycles. The lowest BCUT2D eigenvalue weighted by Gasteiger charge is -2.04. The number of carbonyl (C=O) groups is 1. The summed E-state index contributed by atoms with van der Waals surface area (Å²) < 4.78 is 24.7. The van der Waals surface area contributed by atoms with Crippen molar-refractivity contribution < 1.29 is 13.6 Å². The molecule has 0 aromatic carbocycles. The molecule has 0 spiro atoms. The van der Waals surface area contributed by atoms with E-state index in [-0.39, 0.29) is 20.6 Å². The van der Waals surface area contributed by atoms with Crippen LogP contribution >= 0.6 is 22.6 Å². The molecule has 1 aromatic heterocycles. The minimum atomic E-state index is -2.64. The standard InChI is InChI=1S/C7H5F2IN2O/c8-5(9)4-1-3(2-13)7(11)12-6(4)10/h1-2,5H,(H2,11,12). The molecule has 0 amide bonds. The molecule has 0 fully saturated rings. The van der Waals surface area contributed by atoms with Crippen LogP contribution in [-0.2, 0) is 0 Å². The Balaban J connectivity index is 3.30. The van der Waals surface area contributed by atoms with Gasteiger partial charge in [-0.1, -0.05) is 0 Å². The average Bonchev–Trinajstić information content (AvgIpc) is 2.03. The highest BCUT2D eigenvalue weighted by Crippen LogP contribution is 2.25. The van der Waals surface area contributed by atoms with Gasteiger partial charge in [-0.05, 0) is 28.7 Å². The molecule has 1 rings (SSSR count). The molecule has 1 heterocycles. The predicted molar refractivity (Wildman–Crippen MR) is 51.7 cm³/mol. The normalized spacial score (nSPS) is 10.5. The minimum absolute atomic E-state index is 0.00397. The van der Waals surface area contributed by atoms with Gasteiger partial charge < -0.3 is 5.73 Å². The number of anilines is 1. The van der Waals surface area contributed by atoms with Crippen LogP contribution in [0.5, 0.6) is 0 Å². The van der Waals surface area contributed by atoms with Gasteiger partial charge in [-0.25, -0.2) is 13.8 Å². The third-order valence-corrected chi connectivity index (χ3v) is 2.29. The van der Waals surface area contributed by atoms with E-state index in [1.807, 2.05) is 0 Å². The molecular weight excluding hydrogens is 293 g/mol. The van der Waals surface area contributed by atoms with Gasteiger partial charge in [0.15, 0.2) is 6.29 Å². The Bertz CT molecular complexity index is 344. The van der Waals surface area contributed by atoms with Crippen LogP contribution in [0.15, 0.2) is 6.07 Å². The molecular formula is C7H5F2IN2O. The van der Waals surface area contributed by atoms with Crippen LogP contribution < -0.4 is 5.73 Å². The van der Waals surface area contributed by atoms with Crippen molar-refractivity contribution in [3.05, 3.63) is 20.9 Å². The Labute approximate surface area is 86.5 Å². The largest absolute Gasteiger partial charge is 0.383 e. The zero-order valence-corrected chi connectivity index (χ0v) is 8.46. The predicted octanol–water partition coefficient (Wildman–Crippen LogP) is 2.02. The van der Waals surface area contributed by atoms with E-state index in [0.29, 0.717) is 6.29 Å². The van der Waals surface area contributed by atoms with E-state index in [4.69, 9.17) is 5.73 Å². The Morgan fingerprint density at radius 1 is 1.62 bits per heavy atom. The summed E-state index contributed by atoms with van der Waals surface area (Å²) in [5, 5.41) is 0. The van der Waals surface area contributed by atoms with Gasteiger partial charge in [0, 0.05) is 0 Å². The Morgan fingerprint density at radius 2 is 2.23 bits per heavy atom. The molecule has 0 unspecified atom stereocenters. The Kier molecular flexibility index (Phi) is 3.12. The van der Waals surface area contributed by atoms with Gasteiger partial charge >= 0.3 is 0 Å². The number of carbonyl (C=O) groups excluding carboxylic acids is 1. The van der Waals surface area contributed by atoms with Crippen molar-refractivity contribution in [2.24, 2.45) is 0 Å². The fourth-order valence-electron chi connectivity index (χ4n) is 0.783. The molecule has 2 N–H and O–H groups in total. The average molecular weight is 298 g/mol. The summed E-state index contributed by atoms with van der Waals surface area (Å²) in [6.45, 7) is 0. The molecule has 0 aliphatic heterocycles. The summed E-state index contributed by atoms with van der Waals surface area (Å²) in [6, 6.07) is 1.06. The van der Waals surface area contributed by atoms with Crippen molar-refractivity contribution >= 4 is 34.7 Å². The van der Waals surface area contributed by atoms with Gasteiger partial charge in [0.1, 0.15) is 9.52 Å². The number of alkyl halides is 2. The van der Waals surface area contributed by atoms with Crippen molar-refractivity contribution in [3.63, 3.8) is 0 Å². The van der Waals surface area contributed by atoms with Gasteiger partial charge in [-0.15, -0.1) is 0 Å². The maximum Gasteiger partial charge on any atom is 0.266 e. The molecule has 0 radical (unpaired) electrons. The van der Waals surface area contributed by atoms with E-state index in [0.717, 1.165) is 6.07 Å². The van der Waals surface area contributed by atoms with Crippen LogP contribution in [0.3, 0.4) is 0 Å². The number of hydrogen-bond acceptors (Lipinski definition) is 3. The topological polar surface area (TPSA) is 56.0 Å². The zero-order chi connectivity index (χ0) is 10.0. The first kappa shape index (κ1) is 10.3. The first-order chi connectivity index (χ1) is 6.06. The van der Waals surface area contributed by atoms with Crippen LogP contribution in [0.4, 0.5) is 14.6 Å². The maximum absolute atomic E-state index is 12.3. The zero-order valence-electron chi connectivity index (χ0n) is 6.30. The van der Waals surface area contributed by atoms with Crippen molar-refractivity contribution in [2.45, 2.75) is 6.43 Å². The highest BCUT2D eigenvalue weighted by molar-refractivity contribution is 14.1. The van der Waals surface area contributed by atoms with Crippen LogP contribution in [-0.4, -0.2) is 11.3 Å². The SMILES string of the molecule is Nc1nc(I)c(C(F)F)cc1C=O. The first-order valence-electron chi connectivity index (χ1n) is 3.25. The summed E-state index contributed by atoms with van der Waals surface area (Å²) >= 11 is 1.65. The number of rotatable bonds is 2. The molecule has 1 aromatic rings. The van der Waals surface area contributed by atoms with Gasteiger partial charge in [0.05, 0.1) is 11.1 Å². The molecule has 0 aliphatic rings. The number of aromatic nitrogens is 1. The number of nitrogens with two attached hydrogens (primary N) is 1. The molecule has 13 heavy (non-hydrogen) atoms. The number of nitrogens with zero attached hydrogens (tertiary/aromatic N) is 1. The maximum atomic E-state index is 12.3. The molecule has 3 nitrogen and oxygen atoms in total. The second kappa shape index (κ2) is 3.95. The highest BCUT2D eigenvalue weighted by Gasteiger charge is 2.15. The van der Waals surface area contributed by atoms with E-state index < -0.39 is 6.43 Å². The lowest BCUT2D eigenvalue weighted by Crippen LogP contribution is -2.02. The smallest absolute Gasteiger partial charge is 0.266 e. The van der Waals surface area contributed by atoms with Gasteiger partial charge in [0.2, 0.25) is 0 Å². The number of halogens is 3. The van der Waals surface area contributed by atoms with Crippen LogP contribution in [0.1, 0.15) is 22.3 Å². The van der Waals surface area contributed by atoms with Gasteiger partial charge in [0.25, 0.3) is 6.43 Å². The molecule has 0 saturated carbocycles. The number of aldehydes is 1. The van der Waals surface area contributed by atoms with Gasteiger partial charge in [-0.2, -0.15) is 0 Å². The van der Waals surface area contributed by atoms with E-state index in [9.17, 15) is 13.6 Å². The molecule has 0 atom stereocenters. The summed E-state index contributed by atoms with van der Waals surface area (Å²) in [4.78, 5) is 14.0. The van der Waals surface area contributed by atoms with Crippen LogP contribution in [0.25, 0.3) is 0 Å². The first-order valence-corrected chi connectivity index (χ1v) is 4.33. The van der Waals surface area contributed by atoms with E-state index >= 15 is 0 Å². The minimum Gasteiger partial charge on any atom is -0.383 e. The lowest BCUT2D eigenvalue weighted by atomic mass is 10.2. The number of hydrogen-bond donors (Lipinski definition) is 1. The summed E-state index contributed by atoms with van der Waals surface area (Å²) in [5.74, 6) is -0.0243. The van der Waals surface area contributed by atoms with Crippen molar-refractivity contribution in [2.75, 3.05) is 5.73 Å². The second-order valence-corrected chi connectivity index (χ2v) is 3.28. The molecule has 0 aliphatic carbocycles. The Hall–Kier alpha value is -0.790. The third kappa shape index (κ3) is 2.11. The third-order valence-electron chi connectivity index (χ3n) is 1.43. The second-order valence-electron chi connectivity index (χ2n) is 2.26.